The summed E-state index contributed by atoms with van der Waals surface area (Å²) in [5, 5.41) is 5.26. The summed E-state index contributed by atoms with van der Waals surface area (Å²) in [5.41, 5.74) is 0.504. The lowest BCUT2D eigenvalue weighted by molar-refractivity contribution is 0.0977. The number of hydrogen-bond acceptors (Lipinski definition) is 4. The number of rotatable bonds is 3. The van der Waals surface area contributed by atoms with Crippen LogP contribution in [-0.2, 0) is 5.41 Å². The van der Waals surface area contributed by atoms with E-state index >= 15 is 0 Å². The van der Waals surface area contributed by atoms with Gasteiger partial charge in [0.2, 0.25) is 11.7 Å². The number of carbonyl (C=O) groups is 1. The van der Waals surface area contributed by atoms with Crippen molar-refractivity contribution >= 4 is 40.0 Å². The lowest BCUT2D eigenvalue weighted by Crippen LogP contribution is -2.34. The number of amides is 1. The summed E-state index contributed by atoms with van der Waals surface area (Å²) in [5.74, 6) is -11.8. The molecule has 11 heteroatoms. The minimum Gasteiger partial charge on any atom is -0.436 e. The molecule has 0 saturated heterocycles. The van der Waals surface area contributed by atoms with Crippen LogP contribution in [0.25, 0.3) is 22.6 Å². The number of thiocarbonyl (C=S) groups is 1. The van der Waals surface area contributed by atoms with E-state index in [1.165, 1.54) is 18.2 Å². The summed E-state index contributed by atoms with van der Waals surface area (Å²) in [6.45, 7) is 6.16. The van der Waals surface area contributed by atoms with Crippen LogP contribution >= 0.6 is 12.2 Å². The fraction of sp³-hybridized carbons (Fsp3) is 0.160. The molecule has 36 heavy (non-hydrogen) atoms. The number of aromatic nitrogens is 1. The highest BCUT2D eigenvalue weighted by Gasteiger charge is 2.29. The molecule has 0 spiro atoms. The van der Waals surface area contributed by atoms with Gasteiger partial charge in [-0.05, 0) is 53.5 Å². The number of anilines is 1. The molecule has 0 saturated carbocycles. The average Bonchev–Trinajstić information content (AvgIpc) is 3.23. The minimum absolute atomic E-state index is 0.0217. The highest BCUT2D eigenvalue weighted by atomic mass is 32.1. The second-order valence-electron chi connectivity index (χ2n) is 8.88. The average molecular weight is 519 g/mol. The summed E-state index contributed by atoms with van der Waals surface area (Å²) in [6, 6.07) is 11.3. The zero-order valence-electron chi connectivity index (χ0n) is 19.1. The summed E-state index contributed by atoms with van der Waals surface area (Å²) in [6.07, 6.45) is 0. The SMILES string of the molecule is CC(C)(C)c1ccc(C(=O)NC(=S)Nc2ccc3oc(-c4c(F)c(F)c(F)c(F)c4F)nc3c2)cc1. The fourth-order valence-corrected chi connectivity index (χ4v) is 3.57. The lowest BCUT2D eigenvalue weighted by Gasteiger charge is -2.19. The van der Waals surface area contributed by atoms with Gasteiger partial charge in [0, 0.05) is 11.3 Å². The molecule has 0 aliphatic heterocycles. The smallest absolute Gasteiger partial charge is 0.257 e. The zero-order valence-corrected chi connectivity index (χ0v) is 19.9. The summed E-state index contributed by atoms with van der Waals surface area (Å²) in [7, 11) is 0. The maximum atomic E-state index is 14.1. The van der Waals surface area contributed by atoms with Crippen molar-refractivity contribution in [2.24, 2.45) is 0 Å². The molecule has 2 N–H and O–H groups in total. The Labute approximate surface area is 207 Å². The maximum absolute atomic E-state index is 14.1. The number of fused-ring (bicyclic) bond motifs is 1. The van der Waals surface area contributed by atoms with Crippen LogP contribution in [0.5, 0.6) is 0 Å². The molecule has 4 aromatic rings. The van der Waals surface area contributed by atoms with Gasteiger partial charge in [-0.25, -0.2) is 26.9 Å². The molecule has 0 unspecified atom stereocenters. The first-order chi connectivity index (χ1) is 16.9. The van der Waals surface area contributed by atoms with Crippen LogP contribution in [0.15, 0.2) is 46.9 Å². The molecule has 0 bridgehead atoms. The van der Waals surface area contributed by atoms with E-state index < -0.39 is 46.4 Å². The van der Waals surface area contributed by atoms with Gasteiger partial charge in [0.25, 0.3) is 5.91 Å². The topological polar surface area (TPSA) is 67.2 Å². The first kappa shape index (κ1) is 25.2. The Morgan fingerprint density at radius 1 is 0.889 bits per heavy atom. The molecule has 1 aromatic heterocycles. The Kier molecular flexibility index (Phi) is 6.52. The number of carbonyl (C=O) groups excluding carboxylic acids is 1. The minimum atomic E-state index is -2.28. The van der Waals surface area contributed by atoms with Crippen LogP contribution in [0.2, 0.25) is 0 Å². The Morgan fingerprint density at radius 3 is 2.06 bits per heavy atom. The highest BCUT2D eigenvalue weighted by Crippen LogP contribution is 2.33. The predicted molar refractivity (Wildman–Crippen MR) is 128 cm³/mol. The molecule has 0 fully saturated rings. The van der Waals surface area contributed by atoms with Crippen molar-refractivity contribution < 1.29 is 31.2 Å². The van der Waals surface area contributed by atoms with Crippen molar-refractivity contribution in [2.45, 2.75) is 26.2 Å². The first-order valence-electron chi connectivity index (χ1n) is 10.5. The maximum Gasteiger partial charge on any atom is 0.257 e. The number of nitrogens with zero attached hydrogens (tertiary/aromatic N) is 1. The number of hydrogen-bond donors (Lipinski definition) is 2. The van der Waals surface area contributed by atoms with Crippen LogP contribution in [-0.4, -0.2) is 16.0 Å². The normalized spacial score (nSPS) is 11.6. The quantitative estimate of drug-likeness (QED) is 0.138. The van der Waals surface area contributed by atoms with E-state index in [0.29, 0.717) is 11.3 Å². The van der Waals surface area contributed by atoms with Gasteiger partial charge in [-0.15, -0.1) is 0 Å². The standard InChI is InChI=1S/C25H18F5N3O2S/c1-25(2,3)12-6-4-11(5-7-12)22(34)33-24(36)31-13-8-9-15-14(10-13)32-23(35-15)16-17(26)19(28)21(30)20(29)18(16)27/h4-10H,1-3H3,(H2,31,33,34,36). The molecular weight excluding hydrogens is 501 g/mol. The van der Waals surface area contributed by atoms with E-state index in [1.54, 1.807) is 12.1 Å². The Morgan fingerprint density at radius 2 is 1.47 bits per heavy atom. The summed E-state index contributed by atoms with van der Waals surface area (Å²) < 4.78 is 73.9. The van der Waals surface area contributed by atoms with Crippen molar-refractivity contribution in [1.29, 1.82) is 0 Å². The first-order valence-corrected chi connectivity index (χ1v) is 10.9. The third-order valence-corrected chi connectivity index (χ3v) is 5.51. The van der Waals surface area contributed by atoms with Crippen LogP contribution < -0.4 is 10.6 Å². The third-order valence-electron chi connectivity index (χ3n) is 5.31. The molecule has 5 nitrogen and oxygen atoms in total. The van der Waals surface area contributed by atoms with Gasteiger partial charge < -0.3 is 9.73 Å². The van der Waals surface area contributed by atoms with E-state index in [2.05, 4.69) is 36.4 Å². The zero-order chi connectivity index (χ0) is 26.4. The van der Waals surface area contributed by atoms with Crippen molar-refractivity contribution in [2.75, 3.05) is 5.32 Å². The second-order valence-corrected chi connectivity index (χ2v) is 9.29. The number of benzene rings is 3. The van der Waals surface area contributed by atoms with Gasteiger partial charge in [0.15, 0.2) is 34.0 Å². The molecule has 0 radical (unpaired) electrons. The van der Waals surface area contributed by atoms with Gasteiger partial charge in [0.05, 0.1) is 0 Å². The molecule has 0 atom stereocenters. The van der Waals surface area contributed by atoms with E-state index in [1.807, 2.05) is 12.1 Å². The highest BCUT2D eigenvalue weighted by molar-refractivity contribution is 7.80. The molecule has 0 aliphatic carbocycles. The van der Waals surface area contributed by atoms with Crippen LogP contribution in [0, 0.1) is 29.1 Å². The molecular formula is C25H18F5N3O2S. The lowest BCUT2D eigenvalue weighted by atomic mass is 9.87. The number of halogens is 5. The second kappa shape index (κ2) is 9.30. The Balaban J connectivity index is 1.52. The number of oxazole rings is 1. The third kappa shape index (κ3) is 4.78. The Bertz CT molecular complexity index is 1480. The van der Waals surface area contributed by atoms with Crippen molar-refractivity contribution in [1.82, 2.24) is 10.3 Å². The predicted octanol–water partition coefficient (Wildman–Crippen LogP) is 6.61. The van der Waals surface area contributed by atoms with Crippen LogP contribution in [0.3, 0.4) is 0 Å². The molecule has 1 heterocycles. The van der Waals surface area contributed by atoms with E-state index in [0.717, 1.165) is 5.56 Å². The van der Waals surface area contributed by atoms with Crippen molar-refractivity contribution in [3.63, 3.8) is 0 Å². The molecule has 4 rings (SSSR count). The number of nitrogens with one attached hydrogen (secondary N) is 2. The molecule has 3 aromatic carbocycles. The van der Waals surface area contributed by atoms with E-state index in [4.69, 9.17) is 16.6 Å². The monoisotopic (exact) mass is 519 g/mol. The van der Waals surface area contributed by atoms with E-state index in [-0.39, 0.29) is 21.6 Å². The van der Waals surface area contributed by atoms with Gasteiger partial charge in [-0.1, -0.05) is 32.9 Å². The van der Waals surface area contributed by atoms with Crippen molar-refractivity contribution in [3.05, 3.63) is 82.7 Å². The van der Waals surface area contributed by atoms with Gasteiger partial charge >= 0.3 is 0 Å². The Hall–Kier alpha value is -3.86. The molecule has 186 valence electrons. The molecule has 0 aliphatic rings. The van der Waals surface area contributed by atoms with Crippen LogP contribution in [0.1, 0.15) is 36.7 Å². The summed E-state index contributed by atoms with van der Waals surface area (Å²) >= 11 is 5.17. The van der Waals surface area contributed by atoms with E-state index in [9.17, 15) is 26.7 Å². The molecule has 1 amide bonds. The fourth-order valence-electron chi connectivity index (χ4n) is 3.36. The van der Waals surface area contributed by atoms with Crippen molar-refractivity contribution in [3.8, 4) is 11.5 Å². The largest absolute Gasteiger partial charge is 0.436 e. The van der Waals surface area contributed by atoms with Gasteiger partial charge in [0.1, 0.15) is 11.1 Å². The van der Waals surface area contributed by atoms with Crippen LogP contribution in [0.4, 0.5) is 27.6 Å². The van der Waals surface area contributed by atoms with Gasteiger partial charge in [-0.3, -0.25) is 10.1 Å². The summed E-state index contributed by atoms with van der Waals surface area (Å²) in [4.78, 5) is 16.3. The van der Waals surface area contributed by atoms with Gasteiger partial charge in [-0.2, -0.15) is 0 Å².